The van der Waals surface area contributed by atoms with Gasteiger partial charge in [0.1, 0.15) is 28.9 Å². The maximum absolute atomic E-state index is 14.3. The van der Waals surface area contributed by atoms with Crippen molar-refractivity contribution in [3.63, 3.8) is 0 Å². The highest BCUT2D eigenvalue weighted by atomic mass is 35.5. The fraction of sp³-hybridized carbons (Fsp3) is 0.412. The molecule has 8 heteroatoms. The van der Waals surface area contributed by atoms with E-state index in [0.717, 1.165) is 25.0 Å². The second-order valence-electron chi connectivity index (χ2n) is 5.69. The highest BCUT2D eigenvalue weighted by Crippen LogP contribution is 2.44. The van der Waals surface area contributed by atoms with Gasteiger partial charge >= 0.3 is 0 Å². The summed E-state index contributed by atoms with van der Waals surface area (Å²) in [6, 6.07) is 2.30. The molecule has 1 fully saturated rings. The van der Waals surface area contributed by atoms with Gasteiger partial charge in [-0.25, -0.2) is 8.78 Å². The summed E-state index contributed by atoms with van der Waals surface area (Å²) in [4.78, 5) is 0. The molecule has 5 nitrogen and oxygen atoms in total. The van der Waals surface area contributed by atoms with Crippen LogP contribution in [-0.2, 0) is 6.54 Å². The topological polar surface area (TPSA) is 76.9 Å². The third kappa shape index (κ3) is 3.76. The van der Waals surface area contributed by atoms with Crippen LogP contribution in [0.2, 0.25) is 5.02 Å². The van der Waals surface area contributed by atoms with Crippen LogP contribution in [0.3, 0.4) is 0 Å². The summed E-state index contributed by atoms with van der Waals surface area (Å²) in [5.74, 6) is -1.37. The van der Waals surface area contributed by atoms with Gasteiger partial charge in [0, 0.05) is 23.6 Å². The smallest absolute Gasteiger partial charge is 0.145 e. The molecule has 2 aromatic rings. The Bertz CT molecular complexity index is 779. The molecule has 0 aliphatic heterocycles. The highest BCUT2D eigenvalue weighted by Gasteiger charge is 2.33. The minimum absolute atomic E-state index is 0. The summed E-state index contributed by atoms with van der Waals surface area (Å²) in [5.41, 5.74) is 6.17. The van der Waals surface area contributed by atoms with E-state index >= 15 is 0 Å². The predicted molar refractivity (Wildman–Crippen MR) is 93.6 cm³/mol. The van der Waals surface area contributed by atoms with Crippen molar-refractivity contribution in [1.82, 2.24) is 9.78 Å². The number of nitrogens with two attached hydrogens (primary N) is 1. The molecular weight excluding hydrogens is 350 g/mol. The number of halogens is 3. The van der Waals surface area contributed by atoms with Gasteiger partial charge < -0.3 is 10.5 Å². The minimum Gasteiger partial charge on any atom is -0.494 e. The maximum Gasteiger partial charge on any atom is 0.145 e. The van der Waals surface area contributed by atoms with E-state index in [1.807, 2.05) is 0 Å². The molecule has 1 aromatic carbocycles. The molecule has 0 radical (unpaired) electrons. The van der Waals surface area contributed by atoms with Crippen molar-refractivity contribution in [2.24, 2.45) is 5.73 Å². The monoisotopic (exact) mass is 370 g/mol. The van der Waals surface area contributed by atoms with Crippen LogP contribution in [0.4, 0.5) is 8.78 Å². The average molecular weight is 371 g/mol. The van der Waals surface area contributed by atoms with Gasteiger partial charge in [0.25, 0.3) is 0 Å². The lowest BCUT2D eigenvalue weighted by atomic mass is 10.1. The number of rotatable bonds is 6. The van der Waals surface area contributed by atoms with Crippen LogP contribution < -0.4 is 10.5 Å². The maximum atomic E-state index is 14.3. The average Bonchev–Trinajstić information content (AvgIpc) is 3.27. The highest BCUT2D eigenvalue weighted by molar-refractivity contribution is 6.34. The number of benzene rings is 1. The molecule has 0 bridgehead atoms. The van der Waals surface area contributed by atoms with E-state index in [9.17, 15) is 8.78 Å². The van der Waals surface area contributed by atoms with E-state index < -0.39 is 11.6 Å². The van der Waals surface area contributed by atoms with Crippen LogP contribution >= 0.6 is 11.6 Å². The molecule has 1 heterocycles. The van der Waals surface area contributed by atoms with Crippen LogP contribution in [-0.4, -0.2) is 22.2 Å². The lowest BCUT2D eigenvalue weighted by Gasteiger charge is -2.11. The van der Waals surface area contributed by atoms with E-state index in [2.05, 4.69) is 5.10 Å². The van der Waals surface area contributed by atoms with Crippen LogP contribution in [0.15, 0.2) is 12.1 Å². The third-order valence-electron chi connectivity index (χ3n) is 3.88. The molecule has 0 spiro atoms. The minimum atomic E-state index is -0.712. The molecule has 0 saturated heterocycles. The van der Waals surface area contributed by atoms with Gasteiger partial charge in [0.05, 0.1) is 23.9 Å². The summed E-state index contributed by atoms with van der Waals surface area (Å²) in [5, 5.41) is 12.0. The molecule has 1 aliphatic rings. The fourth-order valence-corrected chi connectivity index (χ4v) is 3.01. The number of hydrogen-bond donors (Lipinski definition) is 2. The first-order chi connectivity index (χ1) is 11.4. The molecule has 0 amide bonds. The number of amidine groups is 1. The third-order valence-corrected chi connectivity index (χ3v) is 4.26. The Morgan fingerprint density at radius 1 is 1.40 bits per heavy atom. The largest absolute Gasteiger partial charge is 0.494 e. The predicted octanol–water partition coefficient (Wildman–Crippen LogP) is 4.06. The van der Waals surface area contributed by atoms with Gasteiger partial charge in [-0.05, 0) is 19.8 Å². The molecule has 0 unspecified atom stereocenters. The number of nitrogens with one attached hydrogen (secondary N) is 1. The number of nitrogens with zero attached hydrogens (tertiary/aromatic N) is 2. The van der Waals surface area contributed by atoms with Crippen molar-refractivity contribution < 1.29 is 13.5 Å². The zero-order valence-corrected chi connectivity index (χ0v) is 13.8. The molecule has 25 heavy (non-hydrogen) atoms. The molecule has 3 N–H and O–H groups in total. The second kappa shape index (κ2) is 7.39. The Hall–Kier alpha value is -2.15. The van der Waals surface area contributed by atoms with Crippen molar-refractivity contribution in [2.45, 2.75) is 39.7 Å². The van der Waals surface area contributed by atoms with Crippen molar-refractivity contribution in [3.8, 4) is 5.75 Å². The Balaban J connectivity index is 0.00000225. The lowest BCUT2D eigenvalue weighted by Crippen LogP contribution is -2.14. The molecule has 1 saturated carbocycles. The zero-order valence-electron chi connectivity index (χ0n) is 13.1. The standard InChI is InChI=1S/C16H17ClF2N4O.CH4/c1-2-24-9-5-11(18)10(12(19)6-9)7-23-15(8-3-4-8)13(17)14(22-23)16(20)21;/h5-6,8H,2-4,7H2,1H3,(H3,20,21);1H4. The van der Waals surface area contributed by atoms with Crippen LogP contribution in [0.25, 0.3) is 0 Å². The lowest BCUT2D eigenvalue weighted by molar-refractivity contribution is 0.335. The summed E-state index contributed by atoms with van der Waals surface area (Å²) in [6.07, 6.45) is 1.86. The van der Waals surface area contributed by atoms with Gasteiger partial charge in [-0.3, -0.25) is 10.1 Å². The SMILES string of the molecule is C.CCOc1cc(F)c(Cn2nc(C(=N)N)c(Cl)c2C2CC2)c(F)c1. The zero-order chi connectivity index (χ0) is 17.4. The van der Waals surface area contributed by atoms with Crippen molar-refractivity contribution in [1.29, 1.82) is 5.41 Å². The molecule has 0 atom stereocenters. The van der Waals surface area contributed by atoms with E-state index in [0.29, 0.717) is 12.3 Å². The number of ether oxygens (including phenoxy) is 1. The molecule has 3 rings (SSSR count). The van der Waals surface area contributed by atoms with Gasteiger partial charge in [-0.1, -0.05) is 19.0 Å². The van der Waals surface area contributed by atoms with Gasteiger partial charge in [0.2, 0.25) is 0 Å². The Morgan fingerprint density at radius 2 is 2.00 bits per heavy atom. The Labute approximate surface area is 150 Å². The first-order valence-electron chi connectivity index (χ1n) is 7.63. The van der Waals surface area contributed by atoms with Crippen molar-refractivity contribution >= 4 is 17.4 Å². The molecule has 1 aliphatic carbocycles. The van der Waals surface area contributed by atoms with Crippen LogP contribution in [0.1, 0.15) is 50.1 Å². The van der Waals surface area contributed by atoms with E-state index in [4.69, 9.17) is 27.5 Å². The fourth-order valence-electron chi connectivity index (χ4n) is 2.62. The summed E-state index contributed by atoms with van der Waals surface area (Å²) in [6.45, 7) is 1.93. The summed E-state index contributed by atoms with van der Waals surface area (Å²) in [7, 11) is 0. The van der Waals surface area contributed by atoms with Crippen molar-refractivity contribution in [3.05, 3.63) is 45.7 Å². The molecule has 136 valence electrons. The Kier molecular flexibility index (Phi) is 5.67. The van der Waals surface area contributed by atoms with Gasteiger partial charge in [-0.15, -0.1) is 0 Å². The van der Waals surface area contributed by atoms with Crippen LogP contribution in [0.5, 0.6) is 5.75 Å². The van der Waals surface area contributed by atoms with E-state index in [-0.39, 0.29) is 47.8 Å². The normalized spacial score (nSPS) is 13.4. The first kappa shape index (κ1) is 19.2. The first-order valence-corrected chi connectivity index (χ1v) is 8.01. The van der Waals surface area contributed by atoms with E-state index in [1.54, 1.807) is 6.92 Å². The summed E-state index contributed by atoms with van der Waals surface area (Å²) < 4.78 is 35.1. The Morgan fingerprint density at radius 3 is 2.48 bits per heavy atom. The number of aromatic nitrogens is 2. The molecular formula is C17H21ClF2N4O. The van der Waals surface area contributed by atoms with Gasteiger partial charge in [-0.2, -0.15) is 5.10 Å². The summed E-state index contributed by atoms with van der Waals surface area (Å²) >= 11 is 6.26. The number of hydrogen-bond acceptors (Lipinski definition) is 3. The second-order valence-corrected chi connectivity index (χ2v) is 6.07. The molecule has 1 aromatic heterocycles. The van der Waals surface area contributed by atoms with Crippen molar-refractivity contribution in [2.75, 3.05) is 6.61 Å². The quantitative estimate of drug-likeness (QED) is 0.594. The van der Waals surface area contributed by atoms with Gasteiger partial charge in [0.15, 0.2) is 0 Å². The van der Waals surface area contributed by atoms with E-state index in [1.165, 1.54) is 4.68 Å². The van der Waals surface area contributed by atoms with Crippen LogP contribution in [0, 0.1) is 17.0 Å². The number of nitrogen functional groups attached to an aromatic ring is 1.